The van der Waals surface area contributed by atoms with Gasteiger partial charge in [0.15, 0.2) is 11.5 Å². The minimum atomic E-state index is -0.693. The molecule has 0 heterocycles. The van der Waals surface area contributed by atoms with Crippen molar-refractivity contribution in [1.82, 2.24) is 0 Å². The molecule has 0 fully saturated rings. The summed E-state index contributed by atoms with van der Waals surface area (Å²) < 4.78 is 18.0. The van der Waals surface area contributed by atoms with E-state index in [0.29, 0.717) is 22.4 Å². The predicted molar refractivity (Wildman–Crippen MR) is 59.9 cm³/mol. The van der Waals surface area contributed by atoms with Gasteiger partial charge in [-0.1, -0.05) is 0 Å². The Kier molecular flexibility index (Phi) is 4.35. The quantitative estimate of drug-likeness (QED) is 0.889. The normalized spacial score (nSPS) is 12.5. The minimum Gasteiger partial charge on any atom is -0.503 e. The molecule has 3 nitrogen and oxygen atoms in total. The number of ether oxygens (including phenoxy) is 1. The summed E-state index contributed by atoms with van der Waals surface area (Å²) in [6.07, 6.45) is 0. The van der Waals surface area contributed by atoms with Gasteiger partial charge in [-0.25, -0.2) is 4.39 Å². The summed E-state index contributed by atoms with van der Waals surface area (Å²) in [5.74, 6) is 0.317. The monoisotopic (exact) mass is 277 g/mol. The number of nitrogens with two attached hydrogens (primary N) is 1. The Balaban J connectivity index is 3.11. The fourth-order valence-electron chi connectivity index (χ4n) is 1.16. The zero-order valence-electron chi connectivity index (χ0n) is 8.34. The first-order valence-corrected chi connectivity index (χ1v) is 5.36. The van der Waals surface area contributed by atoms with Crippen LogP contribution in [0.5, 0.6) is 11.5 Å². The Bertz CT molecular complexity index is 346. The van der Waals surface area contributed by atoms with Crippen molar-refractivity contribution in [1.29, 1.82) is 0 Å². The first-order chi connectivity index (χ1) is 7.10. The Morgan fingerprint density at radius 3 is 2.80 bits per heavy atom. The second-order valence-electron chi connectivity index (χ2n) is 3.04. The maximum Gasteiger partial charge on any atom is 0.172 e. The summed E-state index contributed by atoms with van der Waals surface area (Å²) in [6.45, 7) is 1.58. The third-order valence-corrected chi connectivity index (χ3v) is 2.55. The average Bonchev–Trinajstić information content (AvgIpc) is 2.23. The molecule has 0 aliphatic heterocycles. The fourth-order valence-corrected chi connectivity index (χ4v) is 1.62. The topological polar surface area (TPSA) is 55.5 Å². The van der Waals surface area contributed by atoms with Crippen molar-refractivity contribution in [2.75, 3.05) is 13.3 Å². The van der Waals surface area contributed by atoms with Gasteiger partial charge >= 0.3 is 0 Å². The largest absolute Gasteiger partial charge is 0.503 e. The second kappa shape index (κ2) is 5.32. The van der Waals surface area contributed by atoms with Crippen LogP contribution in [0.15, 0.2) is 16.6 Å². The summed E-state index contributed by atoms with van der Waals surface area (Å²) in [7, 11) is 0. The number of alkyl halides is 1. The third kappa shape index (κ3) is 2.82. The summed E-state index contributed by atoms with van der Waals surface area (Å²) >= 11 is 3.16. The van der Waals surface area contributed by atoms with Crippen molar-refractivity contribution in [3.05, 3.63) is 22.2 Å². The molecule has 0 spiro atoms. The van der Waals surface area contributed by atoms with Crippen LogP contribution in [0.2, 0.25) is 0 Å². The highest BCUT2D eigenvalue weighted by Crippen LogP contribution is 2.36. The highest BCUT2D eigenvalue weighted by molar-refractivity contribution is 9.10. The van der Waals surface area contributed by atoms with Gasteiger partial charge in [-0.2, -0.15) is 0 Å². The zero-order valence-corrected chi connectivity index (χ0v) is 9.92. The number of benzene rings is 1. The molecule has 3 N–H and O–H groups in total. The van der Waals surface area contributed by atoms with E-state index in [1.165, 1.54) is 0 Å². The minimum absolute atomic E-state index is 0.00616. The van der Waals surface area contributed by atoms with E-state index in [-0.39, 0.29) is 5.75 Å². The average molecular weight is 278 g/mol. The van der Waals surface area contributed by atoms with Crippen molar-refractivity contribution in [3.63, 3.8) is 0 Å². The number of hydrogen-bond donors (Lipinski definition) is 2. The van der Waals surface area contributed by atoms with E-state index in [9.17, 15) is 9.50 Å². The molecule has 5 heteroatoms. The smallest absolute Gasteiger partial charge is 0.172 e. The Labute approximate surface area is 96.2 Å². The second-order valence-corrected chi connectivity index (χ2v) is 3.90. The molecule has 1 rings (SSSR count). The van der Waals surface area contributed by atoms with E-state index in [2.05, 4.69) is 15.9 Å². The van der Waals surface area contributed by atoms with E-state index >= 15 is 0 Å². The van der Waals surface area contributed by atoms with Gasteiger partial charge in [0.05, 0.1) is 17.1 Å². The van der Waals surface area contributed by atoms with Crippen molar-refractivity contribution >= 4 is 15.9 Å². The maximum atomic E-state index is 12.4. The number of hydrogen-bond acceptors (Lipinski definition) is 3. The van der Waals surface area contributed by atoms with Gasteiger partial charge in [0.2, 0.25) is 0 Å². The van der Waals surface area contributed by atoms with E-state index in [1.807, 2.05) is 0 Å². The molecule has 0 bridgehead atoms. The lowest BCUT2D eigenvalue weighted by molar-refractivity contribution is 0.316. The summed E-state index contributed by atoms with van der Waals surface area (Å²) in [5.41, 5.74) is 6.13. The van der Waals surface area contributed by atoms with Crippen LogP contribution in [0.25, 0.3) is 0 Å². The molecule has 84 valence electrons. The molecule has 0 amide bonds. The molecule has 15 heavy (non-hydrogen) atoms. The van der Waals surface area contributed by atoms with E-state index in [4.69, 9.17) is 10.5 Å². The molecular formula is C10H13BrFNO2. The lowest BCUT2D eigenvalue weighted by Crippen LogP contribution is -2.12. The van der Waals surface area contributed by atoms with E-state index in [1.54, 1.807) is 19.1 Å². The molecule has 0 saturated carbocycles. The summed E-state index contributed by atoms with van der Waals surface area (Å²) in [5, 5.41) is 9.60. The number of halogens is 2. The van der Waals surface area contributed by atoms with Gasteiger partial charge in [0.25, 0.3) is 0 Å². The van der Waals surface area contributed by atoms with Crippen molar-refractivity contribution in [3.8, 4) is 11.5 Å². The number of rotatable bonds is 4. The lowest BCUT2D eigenvalue weighted by Gasteiger charge is -2.13. The van der Waals surface area contributed by atoms with Crippen LogP contribution in [0, 0.1) is 0 Å². The lowest BCUT2D eigenvalue weighted by atomic mass is 10.1. The standard InChI is InChI=1S/C10H13BrFNO2/c1-2-15-9-4-6(8(13)5-12)3-7(11)10(9)14/h3-4,8,14H,2,5,13H2,1H3/t8-/m0/s1. The fraction of sp³-hybridized carbons (Fsp3) is 0.400. The first kappa shape index (κ1) is 12.3. The molecule has 1 atom stereocenters. The molecule has 1 aromatic carbocycles. The van der Waals surface area contributed by atoms with Crippen LogP contribution < -0.4 is 10.5 Å². The highest BCUT2D eigenvalue weighted by atomic mass is 79.9. The van der Waals surface area contributed by atoms with Gasteiger partial charge in [-0.15, -0.1) is 0 Å². The Hall–Kier alpha value is -0.810. The van der Waals surface area contributed by atoms with Crippen LogP contribution in [0.3, 0.4) is 0 Å². The van der Waals surface area contributed by atoms with Gasteiger partial charge in [-0.3, -0.25) is 0 Å². The molecule has 0 saturated heterocycles. The van der Waals surface area contributed by atoms with Gasteiger partial charge in [-0.05, 0) is 40.5 Å². The molecule has 0 aliphatic rings. The zero-order chi connectivity index (χ0) is 11.4. The maximum absolute atomic E-state index is 12.4. The van der Waals surface area contributed by atoms with Gasteiger partial charge < -0.3 is 15.6 Å². The summed E-state index contributed by atoms with van der Waals surface area (Å²) in [6, 6.07) is 2.44. The molecule has 0 aromatic heterocycles. The molecule has 0 aliphatic carbocycles. The van der Waals surface area contributed by atoms with Crippen LogP contribution in [0.4, 0.5) is 4.39 Å². The van der Waals surface area contributed by atoms with Crippen molar-refractivity contribution < 1.29 is 14.2 Å². The van der Waals surface area contributed by atoms with E-state index < -0.39 is 12.7 Å². The first-order valence-electron chi connectivity index (χ1n) is 4.56. The van der Waals surface area contributed by atoms with Crippen LogP contribution in [0.1, 0.15) is 18.5 Å². The van der Waals surface area contributed by atoms with Crippen LogP contribution >= 0.6 is 15.9 Å². The van der Waals surface area contributed by atoms with Crippen LogP contribution in [-0.2, 0) is 0 Å². The van der Waals surface area contributed by atoms with Crippen molar-refractivity contribution in [2.45, 2.75) is 13.0 Å². The molecular weight excluding hydrogens is 265 g/mol. The molecule has 0 unspecified atom stereocenters. The highest BCUT2D eigenvalue weighted by Gasteiger charge is 2.13. The Morgan fingerprint density at radius 1 is 1.60 bits per heavy atom. The van der Waals surface area contributed by atoms with Gasteiger partial charge in [0, 0.05) is 0 Å². The molecule has 0 radical (unpaired) electrons. The summed E-state index contributed by atoms with van der Waals surface area (Å²) in [4.78, 5) is 0. The number of phenolic OH excluding ortho intramolecular Hbond substituents is 1. The SMILES string of the molecule is CCOc1cc([C@@H](N)CF)cc(Br)c1O. The van der Waals surface area contributed by atoms with Gasteiger partial charge in [0.1, 0.15) is 6.67 Å². The number of aromatic hydroxyl groups is 1. The number of phenols is 1. The predicted octanol–water partition coefficient (Wildman–Crippen LogP) is 2.52. The van der Waals surface area contributed by atoms with Crippen LogP contribution in [-0.4, -0.2) is 18.4 Å². The molecule has 1 aromatic rings. The van der Waals surface area contributed by atoms with Crippen molar-refractivity contribution in [2.24, 2.45) is 5.73 Å². The third-order valence-electron chi connectivity index (χ3n) is 1.94. The Morgan fingerprint density at radius 2 is 2.27 bits per heavy atom. The van der Waals surface area contributed by atoms with E-state index in [0.717, 1.165) is 0 Å².